The van der Waals surface area contributed by atoms with Gasteiger partial charge < -0.3 is 0 Å². The zero-order valence-electron chi connectivity index (χ0n) is 11.3. The second-order valence-electron chi connectivity index (χ2n) is 4.40. The monoisotopic (exact) mass is 349 g/mol. The number of nitrogens with one attached hydrogen (secondary N) is 1. The lowest BCUT2D eigenvalue weighted by Gasteiger charge is -2.09. The van der Waals surface area contributed by atoms with Crippen molar-refractivity contribution in [2.24, 2.45) is 5.18 Å². The Hall–Kier alpha value is -2.65. The van der Waals surface area contributed by atoms with Crippen LogP contribution in [0.2, 0.25) is 5.15 Å². The molecule has 0 saturated heterocycles. The molecule has 0 amide bonds. The molecule has 3 aromatic rings. The van der Waals surface area contributed by atoms with Gasteiger partial charge in [-0.05, 0) is 35.5 Å². The van der Waals surface area contributed by atoms with Gasteiger partial charge in [-0.3, -0.25) is 4.72 Å². The maximum atomic E-state index is 12.4. The SMILES string of the molecule is O=Nc1cccc(S(=O)(=O)Nc2nc3ncccc3nc2Cl)c1. The van der Waals surface area contributed by atoms with Crippen molar-refractivity contribution in [1.29, 1.82) is 0 Å². The van der Waals surface area contributed by atoms with Gasteiger partial charge in [0, 0.05) is 6.20 Å². The van der Waals surface area contributed by atoms with Gasteiger partial charge in [-0.1, -0.05) is 17.7 Å². The highest BCUT2D eigenvalue weighted by atomic mass is 35.5. The molecule has 1 N–H and O–H groups in total. The molecule has 0 aliphatic heterocycles. The first-order valence-corrected chi connectivity index (χ1v) is 8.10. The molecule has 0 spiro atoms. The summed E-state index contributed by atoms with van der Waals surface area (Å²) in [5, 5.41) is 2.59. The summed E-state index contributed by atoms with van der Waals surface area (Å²) in [7, 11) is -4.00. The first-order valence-electron chi connectivity index (χ1n) is 6.24. The Morgan fingerprint density at radius 3 is 2.74 bits per heavy atom. The van der Waals surface area contributed by atoms with E-state index >= 15 is 0 Å². The molecule has 0 aliphatic rings. The molecular weight excluding hydrogens is 342 g/mol. The minimum atomic E-state index is -4.00. The van der Waals surface area contributed by atoms with E-state index in [1.807, 2.05) is 0 Å². The first kappa shape index (κ1) is 15.3. The van der Waals surface area contributed by atoms with Crippen LogP contribution in [0.25, 0.3) is 11.2 Å². The Bertz CT molecular complexity index is 1010. The normalized spacial score (nSPS) is 11.3. The highest BCUT2D eigenvalue weighted by Gasteiger charge is 2.18. The van der Waals surface area contributed by atoms with E-state index in [1.165, 1.54) is 24.4 Å². The predicted molar refractivity (Wildman–Crippen MR) is 85.0 cm³/mol. The topological polar surface area (TPSA) is 114 Å². The fourth-order valence-electron chi connectivity index (χ4n) is 1.83. The molecule has 116 valence electrons. The van der Waals surface area contributed by atoms with Crippen LogP contribution in [0.15, 0.2) is 52.7 Å². The molecule has 0 atom stereocenters. The second-order valence-corrected chi connectivity index (χ2v) is 6.44. The number of aromatic nitrogens is 3. The molecular formula is C13H8ClN5O3S. The number of hydrogen-bond acceptors (Lipinski definition) is 7. The fourth-order valence-corrected chi connectivity index (χ4v) is 3.12. The van der Waals surface area contributed by atoms with Gasteiger partial charge in [0.05, 0.1) is 4.90 Å². The highest BCUT2D eigenvalue weighted by Crippen LogP contribution is 2.24. The summed E-state index contributed by atoms with van der Waals surface area (Å²) in [6, 6.07) is 8.56. The van der Waals surface area contributed by atoms with Crippen molar-refractivity contribution in [1.82, 2.24) is 15.0 Å². The molecule has 8 nitrogen and oxygen atoms in total. The Morgan fingerprint density at radius 1 is 1.13 bits per heavy atom. The number of fused-ring (bicyclic) bond motifs is 1. The van der Waals surface area contributed by atoms with Crippen molar-refractivity contribution in [3.8, 4) is 0 Å². The average Bonchev–Trinajstić information content (AvgIpc) is 2.55. The summed E-state index contributed by atoms with van der Waals surface area (Å²) >= 11 is 5.96. The van der Waals surface area contributed by atoms with E-state index < -0.39 is 10.0 Å². The zero-order chi connectivity index (χ0) is 16.4. The predicted octanol–water partition coefficient (Wildman–Crippen LogP) is 2.88. The number of pyridine rings is 1. The number of anilines is 1. The quantitative estimate of drug-likeness (QED) is 0.724. The van der Waals surface area contributed by atoms with Gasteiger partial charge in [0.25, 0.3) is 10.0 Å². The first-order chi connectivity index (χ1) is 11.0. The van der Waals surface area contributed by atoms with E-state index in [9.17, 15) is 13.3 Å². The van der Waals surface area contributed by atoms with E-state index in [2.05, 4.69) is 24.9 Å². The standard InChI is InChI=1S/C13H8ClN5O3S/c14-11-13(17-12-10(16-11)5-2-6-15-12)19-23(21,22)9-4-1-3-8(7-9)18-20/h1-7H,(H,15,17,19). The molecule has 0 unspecified atom stereocenters. The summed E-state index contributed by atoms with van der Waals surface area (Å²) in [5.74, 6) is -0.151. The minimum absolute atomic E-state index is 0.00904. The number of hydrogen-bond donors (Lipinski definition) is 1. The van der Waals surface area contributed by atoms with Crippen LogP contribution in [0.3, 0.4) is 0 Å². The largest absolute Gasteiger partial charge is 0.263 e. The van der Waals surface area contributed by atoms with Gasteiger partial charge in [0.15, 0.2) is 16.6 Å². The van der Waals surface area contributed by atoms with Crippen LogP contribution < -0.4 is 4.72 Å². The number of rotatable bonds is 4. The van der Waals surface area contributed by atoms with Crippen molar-refractivity contribution in [2.45, 2.75) is 4.90 Å². The number of halogens is 1. The van der Waals surface area contributed by atoms with Crippen molar-refractivity contribution in [3.63, 3.8) is 0 Å². The Kier molecular flexibility index (Phi) is 3.89. The molecule has 0 bridgehead atoms. The van der Waals surface area contributed by atoms with Crippen molar-refractivity contribution < 1.29 is 8.42 Å². The molecule has 0 aliphatic carbocycles. The minimum Gasteiger partial charge on any atom is -0.261 e. The van der Waals surface area contributed by atoms with Crippen LogP contribution in [-0.2, 0) is 10.0 Å². The third-order valence-electron chi connectivity index (χ3n) is 2.86. The smallest absolute Gasteiger partial charge is 0.261 e. The molecule has 2 heterocycles. The van der Waals surface area contributed by atoms with Crippen LogP contribution in [0.5, 0.6) is 0 Å². The number of benzene rings is 1. The Morgan fingerprint density at radius 2 is 1.96 bits per heavy atom. The molecule has 10 heteroatoms. The summed E-state index contributed by atoms with van der Waals surface area (Å²) in [6.45, 7) is 0. The third-order valence-corrected chi connectivity index (χ3v) is 4.46. The maximum Gasteiger partial charge on any atom is 0.263 e. The third kappa shape index (κ3) is 3.10. The lowest BCUT2D eigenvalue weighted by atomic mass is 10.3. The van der Waals surface area contributed by atoms with Gasteiger partial charge in [-0.2, -0.15) is 0 Å². The van der Waals surface area contributed by atoms with E-state index in [-0.39, 0.29) is 27.2 Å². The maximum absolute atomic E-state index is 12.4. The van der Waals surface area contributed by atoms with Crippen molar-refractivity contribution in [2.75, 3.05) is 4.72 Å². The molecule has 0 fully saturated rings. The average molecular weight is 350 g/mol. The number of nitroso groups, excluding NO2 is 1. The second kappa shape index (κ2) is 5.86. The van der Waals surface area contributed by atoms with Gasteiger partial charge in [0.1, 0.15) is 11.2 Å². The number of nitrogens with zero attached hydrogens (tertiary/aromatic N) is 4. The molecule has 0 radical (unpaired) electrons. The highest BCUT2D eigenvalue weighted by molar-refractivity contribution is 7.92. The summed E-state index contributed by atoms with van der Waals surface area (Å²) < 4.78 is 26.9. The molecule has 0 saturated carbocycles. The van der Waals surface area contributed by atoms with Gasteiger partial charge >= 0.3 is 0 Å². The zero-order valence-corrected chi connectivity index (χ0v) is 12.9. The van der Waals surface area contributed by atoms with E-state index in [0.29, 0.717) is 5.52 Å². The van der Waals surface area contributed by atoms with Crippen LogP contribution in [0.1, 0.15) is 0 Å². The van der Waals surface area contributed by atoms with E-state index in [0.717, 1.165) is 6.07 Å². The molecule has 23 heavy (non-hydrogen) atoms. The van der Waals surface area contributed by atoms with Crippen LogP contribution in [0.4, 0.5) is 11.5 Å². The molecule has 1 aromatic carbocycles. The summed E-state index contributed by atoms with van der Waals surface area (Å²) in [6.07, 6.45) is 1.50. The van der Waals surface area contributed by atoms with Crippen LogP contribution in [-0.4, -0.2) is 23.4 Å². The van der Waals surface area contributed by atoms with Gasteiger partial charge in [-0.25, -0.2) is 23.4 Å². The molecule has 2 aromatic heterocycles. The van der Waals surface area contributed by atoms with Crippen molar-refractivity contribution >= 4 is 44.3 Å². The summed E-state index contributed by atoms with van der Waals surface area (Å²) in [5.41, 5.74) is 0.677. The van der Waals surface area contributed by atoms with Crippen LogP contribution >= 0.6 is 11.6 Å². The number of sulfonamides is 1. The van der Waals surface area contributed by atoms with Crippen LogP contribution in [0, 0.1) is 4.91 Å². The van der Waals surface area contributed by atoms with E-state index in [4.69, 9.17) is 11.6 Å². The van der Waals surface area contributed by atoms with Gasteiger partial charge in [-0.15, -0.1) is 4.91 Å². The van der Waals surface area contributed by atoms with Gasteiger partial charge in [0.2, 0.25) is 0 Å². The lowest BCUT2D eigenvalue weighted by molar-refractivity contribution is 0.601. The Balaban J connectivity index is 2.03. The van der Waals surface area contributed by atoms with E-state index in [1.54, 1.807) is 12.1 Å². The molecule has 3 rings (SSSR count). The lowest BCUT2D eigenvalue weighted by Crippen LogP contribution is -2.14. The summed E-state index contributed by atoms with van der Waals surface area (Å²) in [4.78, 5) is 22.5. The fraction of sp³-hybridized carbons (Fsp3) is 0. The van der Waals surface area contributed by atoms with Crippen molar-refractivity contribution in [3.05, 3.63) is 52.7 Å². The Labute approximate surface area is 135 Å².